The Balaban J connectivity index is 1.50. The Morgan fingerprint density at radius 3 is 2.50 bits per heavy atom. The zero-order valence-electron chi connectivity index (χ0n) is 19.2. The summed E-state index contributed by atoms with van der Waals surface area (Å²) in [5, 5.41) is 11.7. The highest BCUT2D eigenvalue weighted by molar-refractivity contribution is 6.16. The molecule has 2 aromatic carbocycles. The number of aliphatic hydroxyl groups excluding tert-OH is 1. The number of hydrogen-bond donors (Lipinski definition) is 1. The third-order valence-electron chi connectivity index (χ3n) is 6.66. The number of benzene rings is 2. The third kappa shape index (κ3) is 4.13. The quantitative estimate of drug-likeness (QED) is 0.539. The predicted octanol–water partition coefficient (Wildman–Crippen LogP) is 3.91. The van der Waals surface area contributed by atoms with Crippen molar-refractivity contribution >= 4 is 22.7 Å². The monoisotopic (exact) mass is 460 g/mol. The molecule has 0 unspecified atom stereocenters. The summed E-state index contributed by atoms with van der Waals surface area (Å²) < 4.78 is 11.2. The topological polar surface area (TPSA) is 83.2 Å². The van der Waals surface area contributed by atoms with Crippen LogP contribution in [-0.4, -0.2) is 66.0 Å². The number of carbonyl (C=O) groups is 2. The molecule has 176 valence electrons. The number of carbonyl (C=O) groups excluding carboxylic acids is 2. The van der Waals surface area contributed by atoms with Gasteiger partial charge in [0.1, 0.15) is 5.58 Å². The van der Waals surface area contributed by atoms with Crippen LogP contribution in [0.4, 0.5) is 0 Å². The van der Waals surface area contributed by atoms with Crippen molar-refractivity contribution in [3.05, 3.63) is 82.8 Å². The molecule has 0 bridgehead atoms. The van der Waals surface area contributed by atoms with Crippen molar-refractivity contribution in [1.29, 1.82) is 0 Å². The number of rotatable bonds is 7. The molecule has 1 aromatic heterocycles. The van der Waals surface area contributed by atoms with Crippen LogP contribution in [0.5, 0.6) is 0 Å². The number of furan rings is 1. The number of aliphatic hydroxyl groups is 1. The van der Waals surface area contributed by atoms with Crippen molar-refractivity contribution in [3.63, 3.8) is 0 Å². The SMILES string of the molecule is CCc1ccc([C@H]2C(C(=O)c3cc4ccccc4o3)=C(O)C(=O)N2CCN2CCOCC2)cc1. The maximum Gasteiger partial charge on any atom is 0.290 e. The van der Waals surface area contributed by atoms with E-state index in [0.29, 0.717) is 31.9 Å². The number of ketones is 1. The summed E-state index contributed by atoms with van der Waals surface area (Å²) in [5.41, 5.74) is 2.60. The molecule has 7 nitrogen and oxygen atoms in total. The van der Waals surface area contributed by atoms with Crippen molar-refractivity contribution in [2.24, 2.45) is 0 Å². The van der Waals surface area contributed by atoms with E-state index in [1.54, 1.807) is 17.0 Å². The van der Waals surface area contributed by atoms with Gasteiger partial charge >= 0.3 is 0 Å². The van der Waals surface area contributed by atoms with E-state index < -0.39 is 23.5 Å². The lowest BCUT2D eigenvalue weighted by molar-refractivity contribution is -0.129. The molecule has 0 saturated carbocycles. The van der Waals surface area contributed by atoms with Crippen LogP contribution in [0.15, 0.2) is 70.3 Å². The average Bonchev–Trinajstić information content (AvgIpc) is 3.42. The molecular weight excluding hydrogens is 432 g/mol. The minimum Gasteiger partial charge on any atom is -0.503 e. The second kappa shape index (κ2) is 9.44. The molecule has 34 heavy (non-hydrogen) atoms. The Morgan fingerprint density at radius 1 is 1.06 bits per heavy atom. The van der Waals surface area contributed by atoms with Crippen molar-refractivity contribution in [1.82, 2.24) is 9.80 Å². The van der Waals surface area contributed by atoms with Crippen LogP contribution in [0.2, 0.25) is 0 Å². The lowest BCUT2D eigenvalue weighted by atomic mass is 9.94. The summed E-state index contributed by atoms with van der Waals surface area (Å²) in [6.07, 6.45) is 0.885. The number of aryl methyl sites for hydroxylation is 1. The fourth-order valence-corrected chi connectivity index (χ4v) is 4.70. The zero-order valence-corrected chi connectivity index (χ0v) is 19.2. The van der Waals surface area contributed by atoms with Crippen LogP contribution < -0.4 is 0 Å². The third-order valence-corrected chi connectivity index (χ3v) is 6.66. The molecule has 3 aromatic rings. The molecule has 0 radical (unpaired) electrons. The Labute approximate surface area is 198 Å². The minimum absolute atomic E-state index is 0.0651. The molecule has 0 spiro atoms. The largest absolute Gasteiger partial charge is 0.503 e. The summed E-state index contributed by atoms with van der Waals surface area (Å²) in [7, 11) is 0. The van der Waals surface area contributed by atoms with Crippen LogP contribution in [-0.2, 0) is 16.0 Å². The van der Waals surface area contributed by atoms with Crippen LogP contribution in [0.1, 0.15) is 34.6 Å². The van der Waals surface area contributed by atoms with Crippen molar-refractivity contribution in [2.75, 3.05) is 39.4 Å². The number of ether oxygens (including phenoxy) is 1. The summed E-state index contributed by atoms with van der Waals surface area (Å²) in [4.78, 5) is 30.6. The van der Waals surface area contributed by atoms with Crippen molar-refractivity contribution < 1.29 is 23.8 Å². The van der Waals surface area contributed by atoms with Crippen LogP contribution >= 0.6 is 0 Å². The standard InChI is InChI=1S/C27H28N2O5/c1-2-18-7-9-19(10-8-18)24-23(25(30)22-17-20-5-3-4-6-21(20)34-22)26(31)27(32)29(24)12-11-28-13-15-33-16-14-28/h3-10,17,24,31H,2,11-16H2,1H3/t24-/m0/s1. The number of morpholine rings is 1. The van der Waals surface area contributed by atoms with Gasteiger partial charge in [-0.3, -0.25) is 14.5 Å². The van der Waals surface area contributed by atoms with Gasteiger partial charge in [0, 0.05) is 31.6 Å². The molecule has 2 aliphatic rings. The highest BCUT2D eigenvalue weighted by Crippen LogP contribution is 2.39. The van der Waals surface area contributed by atoms with E-state index in [9.17, 15) is 14.7 Å². The fourth-order valence-electron chi connectivity index (χ4n) is 4.70. The maximum absolute atomic E-state index is 13.6. The van der Waals surface area contributed by atoms with E-state index >= 15 is 0 Å². The molecule has 2 aliphatic heterocycles. The van der Waals surface area contributed by atoms with Gasteiger partial charge in [0.2, 0.25) is 5.78 Å². The van der Waals surface area contributed by atoms with Gasteiger partial charge in [-0.25, -0.2) is 0 Å². The van der Waals surface area contributed by atoms with Gasteiger partial charge < -0.3 is 19.2 Å². The van der Waals surface area contributed by atoms with Gasteiger partial charge in [-0.1, -0.05) is 49.4 Å². The van der Waals surface area contributed by atoms with E-state index in [1.165, 1.54) is 0 Å². The maximum atomic E-state index is 13.6. The van der Waals surface area contributed by atoms with Gasteiger partial charge in [-0.15, -0.1) is 0 Å². The summed E-state index contributed by atoms with van der Waals surface area (Å²) in [6, 6.07) is 16.2. The molecule has 1 atom stereocenters. The lowest BCUT2D eigenvalue weighted by Crippen LogP contribution is -2.43. The van der Waals surface area contributed by atoms with Gasteiger partial charge in [0.05, 0.1) is 24.8 Å². The Kier molecular flexibility index (Phi) is 6.22. The van der Waals surface area contributed by atoms with Crippen LogP contribution in [0.25, 0.3) is 11.0 Å². The first-order valence-electron chi connectivity index (χ1n) is 11.7. The fraction of sp³-hybridized carbons (Fsp3) is 0.333. The van der Waals surface area contributed by atoms with Crippen molar-refractivity contribution in [2.45, 2.75) is 19.4 Å². The second-order valence-electron chi connectivity index (χ2n) is 8.69. The zero-order chi connectivity index (χ0) is 23.7. The van der Waals surface area contributed by atoms with E-state index in [4.69, 9.17) is 9.15 Å². The highest BCUT2D eigenvalue weighted by Gasteiger charge is 2.44. The van der Waals surface area contributed by atoms with Gasteiger partial charge in [0.15, 0.2) is 11.5 Å². The molecule has 1 saturated heterocycles. The number of amides is 1. The van der Waals surface area contributed by atoms with Gasteiger partial charge in [0.25, 0.3) is 5.91 Å². The first-order chi connectivity index (χ1) is 16.6. The van der Waals surface area contributed by atoms with Gasteiger partial charge in [-0.2, -0.15) is 0 Å². The highest BCUT2D eigenvalue weighted by atomic mass is 16.5. The van der Waals surface area contributed by atoms with Crippen molar-refractivity contribution in [3.8, 4) is 0 Å². The molecule has 1 amide bonds. The molecule has 1 N–H and O–H groups in total. The predicted molar refractivity (Wildman–Crippen MR) is 128 cm³/mol. The number of fused-ring (bicyclic) bond motifs is 1. The molecule has 1 fully saturated rings. The van der Waals surface area contributed by atoms with E-state index in [2.05, 4.69) is 11.8 Å². The smallest absolute Gasteiger partial charge is 0.290 e. The molecule has 3 heterocycles. The number of nitrogens with zero attached hydrogens (tertiary/aromatic N) is 2. The Morgan fingerprint density at radius 2 is 1.79 bits per heavy atom. The normalized spacial score (nSPS) is 19.4. The minimum atomic E-state index is -0.680. The first-order valence-corrected chi connectivity index (χ1v) is 11.7. The number of Topliss-reactive ketones (excluding diaryl/α,β-unsaturated/α-hetero) is 1. The molecule has 0 aliphatic carbocycles. The van der Waals surface area contributed by atoms with Gasteiger partial charge in [-0.05, 0) is 29.7 Å². The first kappa shape index (κ1) is 22.4. The summed E-state index contributed by atoms with van der Waals surface area (Å²) >= 11 is 0. The van der Waals surface area contributed by atoms with Crippen LogP contribution in [0.3, 0.4) is 0 Å². The Bertz CT molecular complexity index is 1200. The number of para-hydroxylation sites is 1. The van der Waals surface area contributed by atoms with E-state index in [0.717, 1.165) is 36.0 Å². The Hall–Kier alpha value is -3.42. The summed E-state index contributed by atoms with van der Waals surface area (Å²) in [6.45, 7) is 6.01. The van der Waals surface area contributed by atoms with Crippen LogP contribution in [0, 0.1) is 0 Å². The second-order valence-corrected chi connectivity index (χ2v) is 8.69. The number of hydrogen-bond acceptors (Lipinski definition) is 6. The lowest BCUT2D eigenvalue weighted by Gasteiger charge is -2.31. The molecule has 5 rings (SSSR count). The molecular formula is C27H28N2O5. The average molecular weight is 461 g/mol. The summed E-state index contributed by atoms with van der Waals surface area (Å²) in [5.74, 6) is -1.39. The van der Waals surface area contributed by atoms with E-state index in [1.807, 2.05) is 42.5 Å². The van der Waals surface area contributed by atoms with E-state index in [-0.39, 0.29) is 11.3 Å². The molecule has 7 heteroatoms.